The van der Waals surface area contributed by atoms with Crippen molar-refractivity contribution < 1.29 is 0 Å². The van der Waals surface area contributed by atoms with Crippen molar-refractivity contribution in [2.24, 2.45) is 0 Å². The van der Waals surface area contributed by atoms with Gasteiger partial charge in [0.2, 0.25) is 0 Å². The molecule has 4 nitrogen and oxygen atoms in total. The van der Waals surface area contributed by atoms with E-state index in [0.29, 0.717) is 6.04 Å². The summed E-state index contributed by atoms with van der Waals surface area (Å²) >= 11 is 1.77. The number of thiazole rings is 1. The van der Waals surface area contributed by atoms with Crippen LogP contribution in [0.4, 0.5) is 0 Å². The van der Waals surface area contributed by atoms with E-state index in [1.165, 1.54) is 4.88 Å². The number of imidazole rings is 1. The van der Waals surface area contributed by atoms with Crippen molar-refractivity contribution >= 4 is 11.3 Å². The fourth-order valence-electron chi connectivity index (χ4n) is 1.70. The number of rotatable bonds is 5. The summed E-state index contributed by atoms with van der Waals surface area (Å²) < 4.78 is 2.16. The van der Waals surface area contributed by atoms with E-state index in [4.69, 9.17) is 0 Å². The molecule has 0 aromatic carbocycles. The number of nitrogens with zero attached hydrogens (tertiary/aromatic N) is 3. The van der Waals surface area contributed by atoms with Crippen LogP contribution in [0.25, 0.3) is 0 Å². The summed E-state index contributed by atoms with van der Waals surface area (Å²) in [5, 5.41) is 4.54. The van der Waals surface area contributed by atoms with E-state index in [2.05, 4.69) is 47.5 Å². The molecular formula is C13H20N4S. The third-order valence-corrected chi connectivity index (χ3v) is 3.91. The Labute approximate surface area is 112 Å². The molecule has 0 aliphatic rings. The predicted octanol–water partition coefficient (Wildman–Crippen LogP) is 2.50. The van der Waals surface area contributed by atoms with Crippen molar-refractivity contribution in [1.29, 1.82) is 0 Å². The maximum Gasteiger partial charge on any atom is 0.123 e. The van der Waals surface area contributed by atoms with Crippen molar-refractivity contribution in [3.63, 3.8) is 0 Å². The average molecular weight is 264 g/mol. The number of nitrogens with one attached hydrogen (secondary N) is 1. The van der Waals surface area contributed by atoms with E-state index in [-0.39, 0.29) is 0 Å². The van der Waals surface area contributed by atoms with Crippen LogP contribution in [-0.2, 0) is 13.1 Å². The molecular weight excluding hydrogens is 244 g/mol. The zero-order valence-corrected chi connectivity index (χ0v) is 12.2. The third-order valence-electron chi connectivity index (χ3n) is 2.85. The van der Waals surface area contributed by atoms with Gasteiger partial charge in [-0.25, -0.2) is 9.97 Å². The van der Waals surface area contributed by atoms with Crippen molar-refractivity contribution in [1.82, 2.24) is 19.9 Å². The van der Waals surface area contributed by atoms with Gasteiger partial charge in [-0.3, -0.25) is 0 Å². The van der Waals surface area contributed by atoms with E-state index in [9.17, 15) is 0 Å². The highest BCUT2D eigenvalue weighted by molar-refractivity contribution is 7.11. The minimum atomic E-state index is 0.472. The lowest BCUT2D eigenvalue weighted by atomic mass is 10.4. The van der Waals surface area contributed by atoms with Crippen LogP contribution in [0.2, 0.25) is 0 Å². The first-order valence-corrected chi connectivity index (χ1v) is 7.04. The van der Waals surface area contributed by atoms with E-state index in [1.807, 2.05) is 12.4 Å². The first-order valence-electron chi connectivity index (χ1n) is 6.22. The standard InChI is InChI=1S/C13H20N4S/c1-9(2)15-7-12-14-5-6-17(12)8-13-16-10(3)11(4)18-13/h5-6,9,15H,7-8H2,1-4H3. The highest BCUT2D eigenvalue weighted by Gasteiger charge is 2.08. The predicted molar refractivity (Wildman–Crippen MR) is 74.9 cm³/mol. The van der Waals surface area contributed by atoms with Crippen LogP contribution < -0.4 is 5.32 Å². The molecule has 0 saturated carbocycles. The van der Waals surface area contributed by atoms with E-state index in [1.54, 1.807) is 11.3 Å². The van der Waals surface area contributed by atoms with Crippen molar-refractivity contribution in [2.75, 3.05) is 0 Å². The summed E-state index contributed by atoms with van der Waals surface area (Å²) in [6, 6.07) is 0.472. The van der Waals surface area contributed by atoms with Crippen LogP contribution in [0, 0.1) is 13.8 Å². The van der Waals surface area contributed by atoms with Gasteiger partial charge in [-0.05, 0) is 13.8 Å². The first-order chi connectivity index (χ1) is 8.56. The quantitative estimate of drug-likeness (QED) is 0.902. The van der Waals surface area contributed by atoms with Crippen molar-refractivity contribution in [3.05, 3.63) is 33.8 Å². The van der Waals surface area contributed by atoms with Gasteiger partial charge in [0.25, 0.3) is 0 Å². The first kappa shape index (κ1) is 13.2. The zero-order chi connectivity index (χ0) is 13.1. The van der Waals surface area contributed by atoms with Crippen LogP contribution >= 0.6 is 11.3 Å². The summed E-state index contributed by atoms with van der Waals surface area (Å²) in [6.07, 6.45) is 3.87. The lowest BCUT2D eigenvalue weighted by Gasteiger charge is -2.09. The Morgan fingerprint density at radius 2 is 2.17 bits per heavy atom. The fourth-order valence-corrected chi connectivity index (χ4v) is 2.63. The molecule has 0 amide bonds. The molecule has 0 saturated heterocycles. The number of hydrogen-bond acceptors (Lipinski definition) is 4. The lowest BCUT2D eigenvalue weighted by molar-refractivity contribution is 0.554. The Hall–Kier alpha value is -1.20. The second-order valence-corrected chi connectivity index (χ2v) is 6.04. The average Bonchev–Trinajstić information content (AvgIpc) is 2.85. The molecule has 2 aromatic heterocycles. The molecule has 2 rings (SSSR count). The SMILES string of the molecule is Cc1nc(Cn2ccnc2CNC(C)C)sc1C. The highest BCUT2D eigenvalue weighted by atomic mass is 32.1. The van der Waals surface area contributed by atoms with E-state index < -0.39 is 0 Å². The van der Waals surface area contributed by atoms with Gasteiger partial charge >= 0.3 is 0 Å². The molecule has 0 fully saturated rings. The highest BCUT2D eigenvalue weighted by Crippen LogP contribution is 2.17. The van der Waals surface area contributed by atoms with Crippen LogP contribution in [-0.4, -0.2) is 20.6 Å². The normalized spacial score (nSPS) is 11.4. The van der Waals surface area contributed by atoms with Crippen LogP contribution in [0.1, 0.15) is 35.3 Å². The molecule has 98 valence electrons. The van der Waals surface area contributed by atoms with Gasteiger partial charge in [0, 0.05) is 23.3 Å². The van der Waals surface area contributed by atoms with Gasteiger partial charge < -0.3 is 9.88 Å². The largest absolute Gasteiger partial charge is 0.327 e. The molecule has 0 radical (unpaired) electrons. The number of aryl methyl sites for hydroxylation is 2. The molecule has 0 atom stereocenters. The second kappa shape index (κ2) is 5.63. The van der Waals surface area contributed by atoms with Gasteiger partial charge in [0.05, 0.1) is 18.8 Å². The van der Waals surface area contributed by atoms with Gasteiger partial charge in [-0.2, -0.15) is 0 Å². The maximum absolute atomic E-state index is 4.57. The zero-order valence-electron chi connectivity index (χ0n) is 11.4. The molecule has 0 spiro atoms. The Morgan fingerprint density at radius 3 is 2.78 bits per heavy atom. The Morgan fingerprint density at radius 1 is 1.39 bits per heavy atom. The minimum absolute atomic E-state index is 0.472. The van der Waals surface area contributed by atoms with Gasteiger partial charge in [0.15, 0.2) is 0 Å². The molecule has 2 aromatic rings. The monoisotopic (exact) mass is 264 g/mol. The smallest absolute Gasteiger partial charge is 0.123 e. The molecule has 0 aliphatic carbocycles. The van der Waals surface area contributed by atoms with E-state index >= 15 is 0 Å². The van der Waals surface area contributed by atoms with E-state index in [0.717, 1.165) is 29.6 Å². The summed E-state index contributed by atoms with van der Waals surface area (Å²) in [5.74, 6) is 1.06. The number of hydrogen-bond donors (Lipinski definition) is 1. The molecule has 18 heavy (non-hydrogen) atoms. The summed E-state index contributed by atoms with van der Waals surface area (Å²) in [6.45, 7) is 10.1. The lowest BCUT2D eigenvalue weighted by Crippen LogP contribution is -2.24. The molecule has 2 heterocycles. The minimum Gasteiger partial charge on any atom is -0.327 e. The van der Waals surface area contributed by atoms with Crippen LogP contribution in [0.5, 0.6) is 0 Å². The summed E-state index contributed by atoms with van der Waals surface area (Å²) in [5.41, 5.74) is 1.14. The summed E-state index contributed by atoms with van der Waals surface area (Å²) in [4.78, 5) is 10.3. The maximum atomic E-state index is 4.57. The van der Waals surface area contributed by atoms with Gasteiger partial charge in [-0.15, -0.1) is 11.3 Å². The molecule has 0 bridgehead atoms. The second-order valence-electron chi connectivity index (χ2n) is 4.76. The third kappa shape index (κ3) is 3.17. The van der Waals surface area contributed by atoms with Crippen LogP contribution in [0.15, 0.2) is 12.4 Å². The van der Waals surface area contributed by atoms with Crippen molar-refractivity contribution in [3.8, 4) is 0 Å². The Kier molecular flexibility index (Phi) is 4.14. The van der Waals surface area contributed by atoms with Crippen LogP contribution in [0.3, 0.4) is 0 Å². The Bertz CT molecular complexity index is 493. The molecule has 0 aliphatic heterocycles. The topological polar surface area (TPSA) is 42.7 Å². The van der Waals surface area contributed by atoms with Gasteiger partial charge in [-0.1, -0.05) is 13.8 Å². The fraction of sp³-hybridized carbons (Fsp3) is 0.538. The molecule has 1 N–H and O–H groups in total. The molecule has 0 unspecified atom stereocenters. The van der Waals surface area contributed by atoms with Crippen molar-refractivity contribution in [2.45, 2.75) is 46.8 Å². The number of aromatic nitrogens is 3. The Balaban J connectivity index is 2.07. The van der Waals surface area contributed by atoms with Gasteiger partial charge in [0.1, 0.15) is 10.8 Å². The summed E-state index contributed by atoms with van der Waals surface area (Å²) in [7, 11) is 0. The molecule has 5 heteroatoms.